The second kappa shape index (κ2) is 17.9. The quantitative estimate of drug-likeness (QED) is 0.113. The van der Waals surface area contributed by atoms with Crippen molar-refractivity contribution in [3.63, 3.8) is 0 Å². The van der Waals surface area contributed by atoms with Gasteiger partial charge in [-0.3, -0.25) is 9.59 Å². The van der Waals surface area contributed by atoms with Gasteiger partial charge in [-0.1, -0.05) is 92.8 Å². The Hall–Kier alpha value is -5.92. The molecule has 1 unspecified atom stereocenters. The fourth-order valence-corrected chi connectivity index (χ4v) is 9.52. The number of aromatic amines is 2. The molecule has 0 spiro atoms. The van der Waals surface area contributed by atoms with Crippen molar-refractivity contribution in [3.8, 4) is 33.6 Å². The van der Waals surface area contributed by atoms with Crippen LogP contribution >= 0.6 is 0 Å². The van der Waals surface area contributed by atoms with Crippen molar-refractivity contribution < 1.29 is 28.7 Å². The summed E-state index contributed by atoms with van der Waals surface area (Å²) in [6, 6.07) is 14.8. The van der Waals surface area contributed by atoms with Gasteiger partial charge in [0.05, 0.1) is 44.0 Å². The number of methoxy groups -OCH3 is 2. The summed E-state index contributed by atoms with van der Waals surface area (Å²) in [4.78, 5) is 72.3. The Morgan fingerprint density at radius 1 is 0.627 bits per heavy atom. The molecule has 4 N–H and O–H groups in total. The maximum Gasteiger partial charge on any atom is 0.407 e. The van der Waals surface area contributed by atoms with Crippen LogP contribution in [0.3, 0.4) is 0 Å². The lowest BCUT2D eigenvalue weighted by molar-refractivity contribution is -0.136. The highest BCUT2D eigenvalue weighted by molar-refractivity contribution is 5.87. The van der Waals surface area contributed by atoms with Crippen molar-refractivity contribution in [3.05, 3.63) is 84.7 Å². The number of amides is 4. The van der Waals surface area contributed by atoms with Crippen LogP contribution in [0.1, 0.15) is 94.4 Å². The van der Waals surface area contributed by atoms with Gasteiger partial charge in [-0.15, -0.1) is 0 Å². The first-order chi connectivity index (χ1) is 28.8. The van der Waals surface area contributed by atoms with Crippen LogP contribution in [-0.2, 0) is 19.1 Å². The first-order valence-electron chi connectivity index (χ1n) is 21.1. The van der Waals surface area contributed by atoms with Gasteiger partial charge in [0.1, 0.15) is 29.8 Å². The van der Waals surface area contributed by atoms with Crippen LogP contribution in [0, 0.1) is 11.8 Å². The molecule has 2 aliphatic heterocycles. The van der Waals surface area contributed by atoms with Crippen LogP contribution in [0.2, 0.25) is 0 Å². The van der Waals surface area contributed by atoms with Gasteiger partial charge in [-0.2, -0.15) is 0 Å². The van der Waals surface area contributed by atoms with Crippen molar-refractivity contribution >= 4 is 24.0 Å². The summed E-state index contributed by atoms with van der Waals surface area (Å²) in [5, 5.41) is 5.68. The molecule has 1 saturated heterocycles. The molecule has 3 fully saturated rings. The third kappa shape index (κ3) is 8.62. The van der Waals surface area contributed by atoms with Gasteiger partial charge in [-0.25, -0.2) is 19.6 Å². The van der Waals surface area contributed by atoms with Gasteiger partial charge < -0.3 is 39.9 Å². The van der Waals surface area contributed by atoms with Crippen LogP contribution in [0.4, 0.5) is 9.59 Å². The van der Waals surface area contributed by atoms with Crippen molar-refractivity contribution in [2.75, 3.05) is 27.3 Å². The van der Waals surface area contributed by atoms with E-state index in [4.69, 9.17) is 14.5 Å². The van der Waals surface area contributed by atoms with E-state index in [-0.39, 0.29) is 35.7 Å². The number of likely N-dealkylation sites (tertiary alicyclic amines) is 1. The highest BCUT2D eigenvalue weighted by Crippen LogP contribution is 2.36. The molecule has 4 amide bonds. The van der Waals surface area contributed by atoms with Crippen molar-refractivity contribution in [2.45, 2.75) is 94.8 Å². The van der Waals surface area contributed by atoms with Crippen LogP contribution in [-0.4, -0.2) is 93.1 Å². The lowest BCUT2D eigenvalue weighted by atomic mass is 9.83. The van der Waals surface area contributed by atoms with E-state index in [0.717, 1.165) is 110 Å². The fraction of sp³-hybridized carbons (Fsp3) is 0.467. The molecule has 59 heavy (non-hydrogen) atoms. The Labute approximate surface area is 344 Å². The number of imidazole rings is 2. The van der Waals surface area contributed by atoms with Crippen molar-refractivity contribution in [2.24, 2.45) is 11.8 Å². The number of carbonyl (C=O) groups is 4. The summed E-state index contributed by atoms with van der Waals surface area (Å²) in [5.74, 6) is 1.41. The lowest BCUT2D eigenvalue weighted by Crippen LogP contribution is -2.52. The first kappa shape index (κ1) is 39.9. The number of rotatable bonds is 11. The predicted octanol–water partition coefficient (Wildman–Crippen LogP) is 7.46. The van der Waals surface area contributed by atoms with E-state index in [0.29, 0.717) is 18.9 Å². The van der Waals surface area contributed by atoms with E-state index in [2.05, 4.69) is 74.1 Å². The average molecular weight is 803 g/mol. The molecule has 0 bridgehead atoms. The molecule has 14 nitrogen and oxygen atoms in total. The van der Waals surface area contributed by atoms with Crippen molar-refractivity contribution in [1.29, 1.82) is 0 Å². The lowest BCUT2D eigenvalue weighted by Gasteiger charge is -2.34. The Morgan fingerprint density at radius 2 is 1.10 bits per heavy atom. The van der Waals surface area contributed by atoms with Crippen LogP contribution in [0.15, 0.2) is 73.1 Å². The van der Waals surface area contributed by atoms with Gasteiger partial charge in [0, 0.05) is 13.1 Å². The monoisotopic (exact) mass is 802 g/mol. The highest BCUT2D eigenvalue weighted by atomic mass is 16.5. The van der Waals surface area contributed by atoms with Crippen LogP contribution in [0.5, 0.6) is 0 Å². The molecule has 0 radical (unpaired) electrons. The zero-order valence-corrected chi connectivity index (χ0v) is 33.8. The van der Waals surface area contributed by atoms with Crippen molar-refractivity contribution in [1.82, 2.24) is 40.4 Å². The standard InChI is InChI=1S/C45H54N8O6/c1-58-44(56)50-38(32-10-4-3-5-11-32)42(54)52-24-8-14-36(52)40-46-26-34(48-40)30-20-16-28(17-21-30)29-18-22-31(23-19-29)35-27-47-41(49-35)37-15-9-25-53(37)43(55)39(51-45(57)59-2)33-12-6-7-13-33/h9,15-23,26-27,32-33,36-39H,3-8,10-14,24-25H2,1-2H3,(H,46,48)(H,47,49)(H,50,56)(H,51,57)/t36-,37-,38-,39?/m0/s1. The van der Waals surface area contributed by atoms with E-state index in [1.54, 1.807) is 11.1 Å². The van der Waals surface area contributed by atoms with Crippen LogP contribution in [0.25, 0.3) is 33.6 Å². The molecule has 4 aliphatic rings. The smallest absolute Gasteiger partial charge is 0.407 e. The Bertz CT molecular complexity index is 2130. The minimum absolute atomic E-state index is 0.0607. The normalized spacial score (nSPS) is 20.7. The molecule has 4 atom stereocenters. The molecular weight excluding hydrogens is 749 g/mol. The zero-order chi connectivity index (χ0) is 40.9. The van der Waals surface area contributed by atoms with E-state index in [1.807, 2.05) is 23.2 Å². The zero-order valence-electron chi connectivity index (χ0n) is 33.8. The highest BCUT2D eigenvalue weighted by Gasteiger charge is 2.41. The van der Waals surface area contributed by atoms with E-state index < -0.39 is 24.3 Å². The number of nitrogens with one attached hydrogen (secondary N) is 4. The average Bonchev–Trinajstić information content (AvgIpc) is 4.14. The molecule has 2 aromatic carbocycles. The maximum atomic E-state index is 14.0. The molecule has 310 valence electrons. The van der Waals surface area contributed by atoms with Gasteiger partial charge in [-0.05, 0) is 72.6 Å². The first-order valence-corrected chi connectivity index (χ1v) is 21.1. The van der Waals surface area contributed by atoms with E-state index in [1.165, 1.54) is 14.2 Å². The van der Waals surface area contributed by atoms with Gasteiger partial charge in [0.25, 0.3) is 0 Å². The number of ether oxygens (including phenoxy) is 2. The number of hydrogen-bond donors (Lipinski definition) is 4. The predicted molar refractivity (Wildman–Crippen MR) is 222 cm³/mol. The number of nitrogens with zero attached hydrogens (tertiary/aromatic N) is 4. The number of carbonyl (C=O) groups excluding carboxylic acids is 4. The Balaban J connectivity index is 0.914. The summed E-state index contributed by atoms with van der Waals surface area (Å²) in [6.45, 7) is 1.07. The molecule has 2 saturated carbocycles. The molecule has 4 heterocycles. The number of alkyl carbamates (subject to hydrolysis) is 2. The number of hydrogen-bond acceptors (Lipinski definition) is 8. The number of benzene rings is 2. The Kier molecular flexibility index (Phi) is 12.1. The van der Waals surface area contributed by atoms with E-state index in [9.17, 15) is 19.2 Å². The summed E-state index contributed by atoms with van der Waals surface area (Å²) < 4.78 is 9.75. The van der Waals surface area contributed by atoms with Crippen LogP contribution < -0.4 is 10.6 Å². The second-order valence-corrected chi connectivity index (χ2v) is 16.2. The number of H-pyrrole nitrogens is 2. The summed E-state index contributed by atoms with van der Waals surface area (Å²) in [7, 11) is 2.65. The Morgan fingerprint density at radius 3 is 1.64 bits per heavy atom. The van der Waals surface area contributed by atoms with E-state index >= 15 is 0 Å². The van der Waals surface area contributed by atoms with Gasteiger partial charge in [0.15, 0.2) is 0 Å². The summed E-state index contributed by atoms with van der Waals surface area (Å²) >= 11 is 0. The molecular formula is C45H54N8O6. The topological polar surface area (TPSA) is 175 Å². The van der Waals surface area contributed by atoms with Gasteiger partial charge >= 0.3 is 12.2 Å². The molecule has 2 aliphatic carbocycles. The second-order valence-electron chi connectivity index (χ2n) is 16.2. The molecule has 4 aromatic rings. The summed E-state index contributed by atoms with van der Waals surface area (Å²) in [6.07, 6.45) is 17.1. The minimum Gasteiger partial charge on any atom is -0.453 e. The fourth-order valence-electron chi connectivity index (χ4n) is 9.52. The third-order valence-corrected chi connectivity index (χ3v) is 12.7. The minimum atomic E-state index is -0.636. The SMILES string of the molecule is COC(=O)NC(C(=O)N1CC=C[C@H]1c1ncc(-c2ccc(-c3ccc(-c4cnc([C@@H]5CCCN5C(=O)[C@@H](NC(=O)OC)C5CCCCC5)[nH]4)cc3)cc2)[nH]1)C1CCCC1. The molecule has 8 rings (SSSR count). The molecule has 14 heteroatoms. The number of aromatic nitrogens is 4. The third-order valence-electron chi connectivity index (χ3n) is 12.7. The maximum absolute atomic E-state index is 14.0. The molecule has 2 aromatic heterocycles. The largest absolute Gasteiger partial charge is 0.453 e. The summed E-state index contributed by atoms with van der Waals surface area (Å²) in [5.41, 5.74) is 5.80. The van der Waals surface area contributed by atoms with Gasteiger partial charge in [0.2, 0.25) is 11.8 Å².